The van der Waals surface area contributed by atoms with Crippen LogP contribution in [0.5, 0.6) is 0 Å². The molecule has 144 valence electrons. The summed E-state index contributed by atoms with van der Waals surface area (Å²) >= 11 is 0. The van der Waals surface area contributed by atoms with Gasteiger partial charge in [0.2, 0.25) is 5.91 Å². The molecule has 0 N–H and O–H groups in total. The monoisotopic (exact) mass is 380 g/mol. The Hall–Kier alpha value is -3.42. The van der Waals surface area contributed by atoms with Crippen LogP contribution in [0, 0.1) is 6.92 Å². The molecule has 1 fully saturated rings. The standard InChI is InChI=1S/C20H20N4O4/c1-14-4-5-16-15(11-14)19(26)24(13-21-16)12-18(25)22-6-8-23(9-7-22)20(27)17-3-2-10-28-17/h2-5,10-11,13H,6-9,12H2,1H3. The van der Waals surface area contributed by atoms with Gasteiger partial charge < -0.3 is 14.2 Å². The summed E-state index contributed by atoms with van der Waals surface area (Å²) in [5.74, 6) is -0.0488. The molecule has 0 aliphatic carbocycles. The summed E-state index contributed by atoms with van der Waals surface area (Å²) in [6.45, 7) is 3.53. The number of carbonyl (C=O) groups is 2. The highest BCUT2D eigenvalue weighted by Crippen LogP contribution is 2.11. The molecule has 8 heteroatoms. The van der Waals surface area contributed by atoms with Crippen LogP contribution in [0.25, 0.3) is 10.9 Å². The fourth-order valence-corrected chi connectivity index (χ4v) is 3.35. The normalized spacial score (nSPS) is 14.5. The number of hydrogen-bond acceptors (Lipinski definition) is 5. The summed E-state index contributed by atoms with van der Waals surface area (Å²) in [6.07, 6.45) is 2.87. The topological polar surface area (TPSA) is 88.7 Å². The lowest BCUT2D eigenvalue weighted by atomic mass is 10.2. The van der Waals surface area contributed by atoms with E-state index in [0.717, 1.165) is 5.56 Å². The SMILES string of the molecule is Cc1ccc2ncn(CC(=O)N3CCN(C(=O)c4ccco4)CC3)c(=O)c2c1. The first-order valence-corrected chi connectivity index (χ1v) is 9.09. The predicted molar refractivity (Wildman–Crippen MR) is 102 cm³/mol. The molecular formula is C20H20N4O4. The van der Waals surface area contributed by atoms with E-state index in [4.69, 9.17) is 4.42 Å². The smallest absolute Gasteiger partial charge is 0.289 e. The van der Waals surface area contributed by atoms with Crippen LogP contribution in [0.4, 0.5) is 0 Å². The first-order chi connectivity index (χ1) is 13.5. The third-order valence-electron chi connectivity index (χ3n) is 4.94. The number of nitrogens with zero attached hydrogens (tertiary/aromatic N) is 4. The second kappa shape index (κ2) is 7.30. The molecule has 0 saturated carbocycles. The molecule has 4 rings (SSSR count). The number of benzene rings is 1. The molecule has 0 bridgehead atoms. The Morgan fingerprint density at radius 3 is 2.57 bits per heavy atom. The number of aromatic nitrogens is 2. The van der Waals surface area contributed by atoms with E-state index in [1.807, 2.05) is 13.0 Å². The molecule has 1 aliphatic heterocycles. The van der Waals surface area contributed by atoms with Crippen molar-refractivity contribution in [1.29, 1.82) is 0 Å². The fraction of sp³-hybridized carbons (Fsp3) is 0.300. The van der Waals surface area contributed by atoms with E-state index in [9.17, 15) is 14.4 Å². The highest BCUT2D eigenvalue weighted by atomic mass is 16.3. The summed E-state index contributed by atoms with van der Waals surface area (Å²) in [4.78, 5) is 45.2. The van der Waals surface area contributed by atoms with Crippen molar-refractivity contribution >= 4 is 22.7 Å². The maximum atomic E-state index is 12.7. The quantitative estimate of drug-likeness (QED) is 0.683. The van der Waals surface area contributed by atoms with Crippen LogP contribution in [0.3, 0.4) is 0 Å². The maximum absolute atomic E-state index is 12.7. The van der Waals surface area contributed by atoms with Gasteiger partial charge in [-0.2, -0.15) is 0 Å². The lowest BCUT2D eigenvalue weighted by molar-refractivity contribution is -0.133. The number of furan rings is 1. The maximum Gasteiger partial charge on any atom is 0.289 e. The third kappa shape index (κ3) is 3.40. The first-order valence-electron chi connectivity index (χ1n) is 9.09. The summed E-state index contributed by atoms with van der Waals surface area (Å²) in [7, 11) is 0. The molecule has 0 unspecified atom stereocenters. The average Bonchev–Trinajstić information content (AvgIpc) is 3.25. The van der Waals surface area contributed by atoms with Crippen molar-refractivity contribution in [3.8, 4) is 0 Å². The molecule has 2 amide bonds. The van der Waals surface area contributed by atoms with Crippen molar-refractivity contribution < 1.29 is 14.0 Å². The van der Waals surface area contributed by atoms with Crippen LogP contribution in [0.2, 0.25) is 0 Å². The zero-order valence-corrected chi connectivity index (χ0v) is 15.5. The second-order valence-electron chi connectivity index (χ2n) is 6.85. The lowest BCUT2D eigenvalue weighted by Crippen LogP contribution is -2.51. The molecule has 1 saturated heterocycles. The van der Waals surface area contributed by atoms with Crippen molar-refractivity contribution in [3.63, 3.8) is 0 Å². The lowest BCUT2D eigenvalue weighted by Gasteiger charge is -2.34. The minimum atomic E-state index is -0.228. The number of hydrogen-bond donors (Lipinski definition) is 0. The van der Waals surface area contributed by atoms with Gasteiger partial charge in [0.15, 0.2) is 5.76 Å². The van der Waals surface area contributed by atoms with Gasteiger partial charge in [-0.05, 0) is 31.2 Å². The van der Waals surface area contributed by atoms with Gasteiger partial charge in [0.25, 0.3) is 11.5 Å². The molecule has 1 aliphatic rings. The second-order valence-corrected chi connectivity index (χ2v) is 6.85. The van der Waals surface area contributed by atoms with Crippen LogP contribution in [-0.2, 0) is 11.3 Å². The largest absolute Gasteiger partial charge is 0.459 e. The van der Waals surface area contributed by atoms with Gasteiger partial charge in [0.1, 0.15) is 6.54 Å². The van der Waals surface area contributed by atoms with E-state index in [1.165, 1.54) is 17.2 Å². The Labute approximate surface area is 161 Å². The van der Waals surface area contributed by atoms with Crippen molar-refractivity contribution in [2.24, 2.45) is 0 Å². The number of fused-ring (bicyclic) bond motifs is 1. The molecule has 3 aromatic rings. The van der Waals surface area contributed by atoms with Gasteiger partial charge in [-0.3, -0.25) is 19.0 Å². The summed E-state index contributed by atoms with van der Waals surface area (Å²) in [5, 5.41) is 0.504. The van der Waals surface area contributed by atoms with Crippen LogP contribution in [-0.4, -0.2) is 57.3 Å². The van der Waals surface area contributed by atoms with E-state index >= 15 is 0 Å². The zero-order valence-electron chi connectivity index (χ0n) is 15.5. The van der Waals surface area contributed by atoms with Gasteiger partial charge >= 0.3 is 0 Å². The molecule has 0 radical (unpaired) electrons. The Kier molecular flexibility index (Phi) is 4.68. The van der Waals surface area contributed by atoms with Gasteiger partial charge in [-0.1, -0.05) is 11.6 Å². The van der Waals surface area contributed by atoms with Crippen LogP contribution >= 0.6 is 0 Å². The summed E-state index contributed by atoms with van der Waals surface area (Å²) in [5.41, 5.74) is 1.35. The Morgan fingerprint density at radius 2 is 1.86 bits per heavy atom. The summed E-state index contributed by atoms with van der Waals surface area (Å²) in [6, 6.07) is 8.77. The Morgan fingerprint density at radius 1 is 1.11 bits per heavy atom. The number of amides is 2. The minimum Gasteiger partial charge on any atom is -0.459 e. The molecule has 0 spiro atoms. The fourth-order valence-electron chi connectivity index (χ4n) is 3.35. The highest BCUT2D eigenvalue weighted by Gasteiger charge is 2.26. The van der Waals surface area contributed by atoms with Crippen LogP contribution < -0.4 is 5.56 Å². The summed E-state index contributed by atoms with van der Waals surface area (Å²) < 4.78 is 6.48. The highest BCUT2D eigenvalue weighted by molar-refractivity contribution is 5.91. The zero-order chi connectivity index (χ0) is 19.7. The average molecular weight is 380 g/mol. The Balaban J connectivity index is 1.42. The molecule has 3 heterocycles. The minimum absolute atomic E-state index is 0.0676. The van der Waals surface area contributed by atoms with E-state index in [0.29, 0.717) is 42.8 Å². The molecule has 2 aromatic heterocycles. The molecule has 8 nitrogen and oxygen atoms in total. The molecule has 1 aromatic carbocycles. The van der Waals surface area contributed by atoms with Gasteiger partial charge in [-0.15, -0.1) is 0 Å². The van der Waals surface area contributed by atoms with E-state index < -0.39 is 0 Å². The Bertz CT molecular complexity index is 1080. The number of carbonyl (C=O) groups excluding carboxylic acids is 2. The van der Waals surface area contributed by atoms with E-state index in [1.54, 1.807) is 34.1 Å². The van der Waals surface area contributed by atoms with Gasteiger partial charge in [0, 0.05) is 26.2 Å². The van der Waals surface area contributed by atoms with Crippen molar-refractivity contribution in [3.05, 3.63) is 64.6 Å². The van der Waals surface area contributed by atoms with Crippen molar-refractivity contribution in [2.45, 2.75) is 13.5 Å². The van der Waals surface area contributed by atoms with Crippen LogP contribution in [0.1, 0.15) is 16.1 Å². The number of aryl methyl sites for hydroxylation is 1. The molecular weight excluding hydrogens is 360 g/mol. The third-order valence-corrected chi connectivity index (χ3v) is 4.94. The molecule has 0 atom stereocenters. The van der Waals surface area contributed by atoms with Gasteiger partial charge in [0.05, 0.1) is 23.5 Å². The van der Waals surface area contributed by atoms with Crippen LogP contribution in [0.15, 0.2) is 52.1 Å². The van der Waals surface area contributed by atoms with Crippen molar-refractivity contribution in [1.82, 2.24) is 19.4 Å². The van der Waals surface area contributed by atoms with E-state index in [-0.39, 0.29) is 23.9 Å². The number of rotatable bonds is 3. The van der Waals surface area contributed by atoms with E-state index in [2.05, 4.69) is 4.98 Å². The first kappa shape index (κ1) is 18.0. The number of piperazine rings is 1. The van der Waals surface area contributed by atoms with Crippen molar-refractivity contribution in [2.75, 3.05) is 26.2 Å². The van der Waals surface area contributed by atoms with Gasteiger partial charge in [-0.25, -0.2) is 4.98 Å². The predicted octanol–water partition coefficient (Wildman–Crippen LogP) is 1.28. The molecule has 28 heavy (non-hydrogen) atoms.